The molecule has 3 atom stereocenters. The standard InChI is InChI=1S/C28H45N5O5Si/c1-21(11-13-34)36-15-12-22(2)38-23-9-10-26-24(18-23)28(31-33(26)27-8-6-7-14-37-27)25-19-29-32(30-25)20-35-16-17-39(3,4)5/h9-10,18-19,21-22,27,34H,6-8,11-17,20H2,1-5H3. The second kappa shape index (κ2) is 13.8. The molecule has 3 unspecified atom stereocenters. The van der Waals surface area contributed by atoms with Crippen LogP contribution in [0, 0.1) is 0 Å². The van der Waals surface area contributed by atoms with Crippen molar-refractivity contribution in [1.29, 1.82) is 0 Å². The molecule has 1 aliphatic rings. The van der Waals surface area contributed by atoms with Gasteiger partial charge in [0, 0.05) is 39.7 Å². The Bertz CT molecular complexity index is 1170. The molecule has 1 aromatic carbocycles. The van der Waals surface area contributed by atoms with Crippen molar-refractivity contribution in [2.75, 3.05) is 26.4 Å². The Balaban J connectivity index is 1.51. The van der Waals surface area contributed by atoms with Gasteiger partial charge in [-0.05, 0) is 63.8 Å². The fourth-order valence-electron chi connectivity index (χ4n) is 4.50. The Morgan fingerprint density at radius 3 is 2.69 bits per heavy atom. The van der Waals surface area contributed by atoms with Crippen LogP contribution in [0.2, 0.25) is 25.7 Å². The summed E-state index contributed by atoms with van der Waals surface area (Å²) in [6, 6.07) is 7.18. The Morgan fingerprint density at radius 1 is 1.10 bits per heavy atom. The highest BCUT2D eigenvalue weighted by atomic mass is 28.3. The minimum atomic E-state index is -1.15. The summed E-state index contributed by atoms with van der Waals surface area (Å²) in [5.74, 6) is 0.769. The monoisotopic (exact) mass is 559 g/mol. The van der Waals surface area contributed by atoms with Gasteiger partial charge in [-0.3, -0.25) is 0 Å². The number of hydrogen-bond acceptors (Lipinski definition) is 8. The summed E-state index contributed by atoms with van der Waals surface area (Å²) in [6.45, 7) is 13.5. The van der Waals surface area contributed by atoms with Crippen molar-refractivity contribution in [1.82, 2.24) is 24.8 Å². The maximum atomic E-state index is 9.06. The number of hydrogen-bond donors (Lipinski definition) is 1. The van der Waals surface area contributed by atoms with Crippen LogP contribution in [0.25, 0.3) is 22.3 Å². The molecule has 0 amide bonds. The molecule has 1 fully saturated rings. The third kappa shape index (κ3) is 8.58. The van der Waals surface area contributed by atoms with E-state index in [1.165, 1.54) is 0 Å². The van der Waals surface area contributed by atoms with Gasteiger partial charge >= 0.3 is 0 Å². The predicted octanol–water partition coefficient (Wildman–Crippen LogP) is 5.25. The average molecular weight is 560 g/mol. The van der Waals surface area contributed by atoms with Gasteiger partial charge in [-0.25, -0.2) is 4.68 Å². The maximum Gasteiger partial charge on any atom is 0.158 e. The Morgan fingerprint density at radius 2 is 1.95 bits per heavy atom. The third-order valence-electron chi connectivity index (χ3n) is 6.89. The molecular weight excluding hydrogens is 514 g/mol. The van der Waals surface area contributed by atoms with E-state index in [-0.39, 0.29) is 25.0 Å². The van der Waals surface area contributed by atoms with Gasteiger partial charge in [0.05, 0.1) is 30.5 Å². The Kier molecular flexibility index (Phi) is 10.5. The number of benzene rings is 1. The first-order chi connectivity index (χ1) is 18.7. The molecule has 0 bridgehead atoms. The first kappa shape index (κ1) is 29.7. The zero-order valence-corrected chi connectivity index (χ0v) is 25.1. The van der Waals surface area contributed by atoms with Gasteiger partial charge in [-0.1, -0.05) is 19.6 Å². The number of ether oxygens (including phenoxy) is 4. The molecule has 2 aromatic heterocycles. The summed E-state index contributed by atoms with van der Waals surface area (Å²) in [5, 5.41) is 24.1. The number of aliphatic hydroxyl groups excluding tert-OH is 1. The van der Waals surface area contributed by atoms with Gasteiger partial charge in [0.1, 0.15) is 17.1 Å². The van der Waals surface area contributed by atoms with E-state index in [9.17, 15) is 0 Å². The van der Waals surface area contributed by atoms with Crippen molar-refractivity contribution < 1.29 is 24.1 Å². The number of nitrogens with zero attached hydrogens (tertiary/aromatic N) is 5. The lowest BCUT2D eigenvalue weighted by atomic mass is 10.1. The summed E-state index contributed by atoms with van der Waals surface area (Å²) in [5.41, 5.74) is 2.44. The second-order valence-corrected chi connectivity index (χ2v) is 17.3. The van der Waals surface area contributed by atoms with Crippen LogP contribution in [0.5, 0.6) is 5.75 Å². The van der Waals surface area contributed by atoms with Crippen LogP contribution in [-0.2, 0) is 20.9 Å². The summed E-state index contributed by atoms with van der Waals surface area (Å²) in [6.07, 6.45) is 6.16. The van der Waals surface area contributed by atoms with Gasteiger partial charge < -0.3 is 24.1 Å². The quantitative estimate of drug-likeness (QED) is 0.199. The molecule has 4 rings (SSSR count). The zero-order valence-electron chi connectivity index (χ0n) is 24.1. The molecular formula is C28H45N5O5Si. The molecule has 0 aliphatic carbocycles. The molecule has 1 aliphatic heterocycles. The molecule has 1 saturated heterocycles. The molecule has 3 heterocycles. The maximum absolute atomic E-state index is 9.06. The van der Waals surface area contributed by atoms with Crippen molar-refractivity contribution in [3.8, 4) is 17.1 Å². The number of aliphatic hydroxyl groups is 1. The Labute approximate surface area is 232 Å². The van der Waals surface area contributed by atoms with Gasteiger partial charge in [-0.2, -0.15) is 15.0 Å². The van der Waals surface area contributed by atoms with Crippen molar-refractivity contribution in [2.45, 2.75) is 96.8 Å². The summed E-state index contributed by atoms with van der Waals surface area (Å²) in [7, 11) is -1.15. The van der Waals surface area contributed by atoms with E-state index in [1.54, 1.807) is 11.0 Å². The lowest BCUT2D eigenvalue weighted by molar-refractivity contribution is -0.0365. The molecule has 39 heavy (non-hydrogen) atoms. The van der Waals surface area contributed by atoms with E-state index in [2.05, 4.69) is 35.9 Å². The fraction of sp³-hybridized carbons (Fsp3) is 0.679. The van der Waals surface area contributed by atoms with Gasteiger partial charge in [0.25, 0.3) is 0 Å². The van der Waals surface area contributed by atoms with Gasteiger partial charge in [0.15, 0.2) is 13.0 Å². The van der Waals surface area contributed by atoms with E-state index in [4.69, 9.17) is 29.2 Å². The average Bonchev–Trinajstić information content (AvgIpc) is 3.51. The number of aromatic nitrogens is 5. The van der Waals surface area contributed by atoms with Crippen molar-refractivity contribution in [2.24, 2.45) is 0 Å². The SMILES string of the molecule is CC(CCO)OCCC(C)Oc1ccc2c(c1)c(-c1cnn(COCC[Si](C)(C)C)n1)nn2C1CCCCO1. The zero-order chi connectivity index (χ0) is 27.8. The summed E-state index contributed by atoms with van der Waals surface area (Å²) in [4.78, 5) is 1.59. The van der Waals surface area contributed by atoms with E-state index >= 15 is 0 Å². The van der Waals surface area contributed by atoms with Crippen LogP contribution in [0.4, 0.5) is 0 Å². The highest BCUT2D eigenvalue weighted by Gasteiger charge is 2.23. The second-order valence-electron chi connectivity index (χ2n) is 11.7. The highest BCUT2D eigenvalue weighted by molar-refractivity contribution is 6.76. The highest BCUT2D eigenvalue weighted by Crippen LogP contribution is 2.34. The number of fused-ring (bicyclic) bond motifs is 1. The fourth-order valence-corrected chi connectivity index (χ4v) is 5.26. The predicted molar refractivity (Wildman–Crippen MR) is 154 cm³/mol. The van der Waals surface area contributed by atoms with E-state index in [1.807, 2.05) is 30.7 Å². The summed E-state index contributed by atoms with van der Waals surface area (Å²) < 4.78 is 25.9. The van der Waals surface area contributed by atoms with Crippen LogP contribution < -0.4 is 4.74 Å². The van der Waals surface area contributed by atoms with Crippen LogP contribution >= 0.6 is 0 Å². The largest absolute Gasteiger partial charge is 0.491 e. The van der Waals surface area contributed by atoms with Gasteiger partial charge in [-0.15, -0.1) is 5.10 Å². The molecule has 216 valence electrons. The van der Waals surface area contributed by atoms with Crippen LogP contribution in [0.3, 0.4) is 0 Å². The Hall–Kier alpha value is -2.31. The van der Waals surface area contributed by atoms with E-state index in [0.29, 0.717) is 32.1 Å². The molecule has 0 saturated carbocycles. The first-order valence-corrected chi connectivity index (χ1v) is 18.0. The smallest absolute Gasteiger partial charge is 0.158 e. The van der Waals surface area contributed by atoms with Gasteiger partial charge in [0.2, 0.25) is 0 Å². The lowest BCUT2D eigenvalue weighted by Crippen LogP contribution is -2.22. The number of rotatable bonds is 15. The normalized spacial score (nSPS) is 17.9. The third-order valence-corrected chi connectivity index (χ3v) is 8.59. The minimum Gasteiger partial charge on any atom is -0.491 e. The molecule has 3 aromatic rings. The van der Waals surface area contributed by atoms with Crippen molar-refractivity contribution >= 4 is 19.0 Å². The molecule has 0 radical (unpaired) electrons. The topological polar surface area (TPSA) is 106 Å². The van der Waals surface area contributed by atoms with Crippen molar-refractivity contribution in [3.05, 3.63) is 24.4 Å². The molecule has 11 heteroatoms. The van der Waals surface area contributed by atoms with Crippen molar-refractivity contribution in [3.63, 3.8) is 0 Å². The summed E-state index contributed by atoms with van der Waals surface area (Å²) >= 11 is 0. The lowest BCUT2D eigenvalue weighted by Gasteiger charge is -2.23. The van der Waals surface area contributed by atoms with Crippen LogP contribution in [0.15, 0.2) is 24.4 Å². The molecule has 0 spiro atoms. The van der Waals surface area contributed by atoms with Crippen LogP contribution in [-0.4, -0.2) is 76.6 Å². The van der Waals surface area contributed by atoms with E-state index in [0.717, 1.165) is 60.7 Å². The molecule has 10 nitrogen and oxygen atoms in total. The molecule has 1 N–H and O–H groups in total. The minimum absolute atomic E-state index is 0.0295. The van der Waals surface area contributed by atoms with E-state index < -0.39 is 8.07 Å². The first-order valence-electron chi connectivity index (χ1n) is 14.2. The van der Waals surface area contributed by atoms with Crippen LogP contribution in [0.1, 0.15) is 52.2 Å².